The maximum absolute atomic E-state index is 13.8. The van der Waals surface area contributed by atoms with Crippen molar-refractivity contribution in [3.05, 3.63) is 66.0 Å². The lowest BCUT2D eigenvalue weighted by atomic mass is 10.0. The monoisotopic (exact) mass is 377 g/mol. The first-order valence-electron chi connectivity index (χ1n) is 9.87. The van der Waals surface area contributed by atoms with Crippen molar-refractivity contribution in [3.63, 3.8) is 0 Å². The maximum Gasteiger partial charge on any atom is 0.252 e. The van der Waals surface area contributed by atoms with E-state index in [9.17, 15) is 9.18 Å². The minimum absolute atomic E-state index is 0.188. The van der Waals surface area contributed by atoms with E-state index in [1.807, 2.05) is 30.3 Å². The van der Waals surface area contributed by atoms with Gasteiger partial charge in [0.2, 0.25) is 0 Å². The number of fused-ring (bicyclic) bond motifs is 1. The Labute approximate surface area is 164 Å². The first-order valence-corrected chi connectivity index (χ1v) is 9.87. The third-order valence-electron chi connectivity index (χ3n) is 5.25. The third-order valence-corrected chi connectivity index (χ3v) is 5.25. The largest absolute Gasteiger partial charge is 0.351 e. The number of aromatic nitrogens is 1. The second kappa shape index (κ2) is 8.48. The van der Waals surface area contributed by atoms with Gasteiger partial charge in [0, 0.05) is 24.0 Å². The zero-order valence-corrected chi connectivity index (χ0v) is 15.8. The van der Waals surface area contributed by atoms with Crippen LogP contribution < -0.4 is 5.32 Å². The van der Waals surface area contributed by atoms with E-state index in [2.05, 4.69) is 15.2 Å². The van der Waals surface area contributed by atoms with Gasteiger partial charge < -0.3 is 10.2 Å². The Kier molecular flexibility index (Phi) is 5.63. The first kappa shape index (κ1) is 18.6. The summed E-state index contributed by atoms with van der Waals surface area (Å²) in [5.41, 5.74) is 2.71. The van der Waals surface area contributed by atoms with Crippen LogP contribution in [0.15, 0.2) is 54.6 Å². The van der Waals surface area contributed by atoms with Crippen LogP contribution in [0.2, 0.25) is 0 Å². The van der Waals surface area contributed by atoms with Crippen molar-refractivity contribution in [1.82, 2.24) is 15.2 Å². The number of rotatable bonds is 5. The number of hydrogen-bond acceptors (Lipinski definition) is 3. The van der Waals surface area contributed by atoms with Crippen LogP contribution in [-0.4, -0.2) is 42.0 Å². The van der Waals surface area contributed by atoms with Crippen LogP contribution in [0.25, 0.3) is 22.2 Å². The molecule has 4 rings (SSSR count). The summed E-state index contributed by atoms with van der Waals surface area (Å²) >= 11 is 0. The molecule has 144 valence electrons. The number of pyridine rings is 1. The van der Waals surface area contributed by atoms with Crippen molar-refractivity contribution in [1.29, 1.82) is 0 Å². The fraction of sp³-hybridized carbons (Fsp3) is 0.304. The SMILES string of the molecule is O=C(NCCN1CCCCC1)c1cc(-c2ccccc2)nc2ccc(F)cc12. The van der Waals surface area contributed by atoms with Gasteiger partial charge in [-0.05, 0) is 50.2 Å². The molecule has 0 bridgehead atoms. The summed E-state index contributed by atoms with van der Waals surface area (Å²) in [6.07, 6.45) is 3.74. The van der Waals surface area contributed by atoms with Crippen LogP contribution in [0.1, 0.15) is 29.6 Å². The van der Waals surface area contributed by atoms with Gasteiger partial charge in [-0.15, -0.1) is 0 Å². The van der Waals surface area contributed by atoms with E-state index in [0.29, 0.717) is 28.7 Å². The molecule has 1 aliphatic heterocycles. The summed E-state index contributed by atoms with van der Waals surface area (Å²) in [6, 6.07) is 15.9. The lowest BCUT2D eigenvalue weighted by molar-refractivity contribution is 0.0948. The zero-order valence-electron chi connectivity index (χ0n) is 15.8. The molecular formula is C23H24FN3O. The molecule has 0 aliphatic carbocycles. The van der Waals surface area contributed by atoms with Crippen LogP contribution in [0.4, 0.5) is 4.39 Å². The van der Waals surface area contributed by atoms with Gasteiger partial charge in [0.1, 0.15) is 5.82 Å². The van der Waals surface area contributed by atoms with Crippen molar-refractivity contribution < 1.29 is 9.18 Å². The van der Waals surface area contributed by atoms with E-state index in [1.165, 1.54) is 31.4 Å². The molecule has 0 atom stereocenters. The zero-order chi connectivity index (χ0) is 19.3. The molecule has 1 fully saturated rings. The summed E-state index contributed by atoms with van der Waals surface area (Å²) in [6.45, 7) is 3.61. The smallest absolute Gasteiger partial charge is 0.252 e. The number of nitrogens with one attached hydrogen (secondary N) is 1. The predicted octanol–water partition coefficient (Wildman–Crippen LogP) is 4.26. The average molecular weight is 377 g/mol. The van der Waals surface area contributed by atoms with Crippen LogP contribution in [0.5, 0.6) is 0 Å². The molecule has 1 amide bonds. The highest BCUT2D eigenvalue weighted by molar-refractivity contribution is 6.07. The fourth-order valence-corrected chi connectivity index (χ4v) is 3.75. The Hall–Kier alpha value is -2.79. The van der Waals surface area contributed by atoms with E-state index < -0.39 is 0 Å². The highest BCUT2D eigenvalue weighted by atomic mass is 19.1. The second-order valence-corrected chi connectivity index (χ2v) is 7.24. The van der Waals surface area contributed by atoms with Crippen molar-refractivity contribution in [3.8, 4) is 11.3 Å². The summed E-state index contributed by atoms with van der Waals surface area (Å²) in [5, 5.41) is 3.54. The van der Waals surface area contributed by atoms with Crippen molar-refractivity contribution >= 4 is 16.8 Å². The average Bonchev–Trinajstić information content (AvgIpc) is 2.74. The molecule has 2 heterocycles. The second-order valence-electron chi connectivity index (χ2n) is 7.24. The molecule has 2 aromatic carbocycles. The molecule has 3 aromatic rings. The van der Waals surface area contributed by atoms with Gasteiger partial charge in [0.25, 0.3) is 5.91 Å². The molecule has 28 heavy (non-hydrogen) atoms. The Morgan fingerprint density at radius 3 is 2.61 bits per heavy atom. The molecule has 0 saturated carbocycles. The number of benzene rings is 2. The van der Waals surface area contributed by atoms with Crippen molar-refractivity contribution in [2.45, 2.75) is 19.3 Å². The number of amides is 1. The number of carbonyl (C=O) groups excluding carboxylic acids is 1. The number of hydrogen-bond donors (Lipinski definition) is 1. The minimum Gasteiger partial charge on any atom is -0.351 e. The maximum atomic E-state index is 13.8. The Morgan fingerprint density at radius 2 is 1.82 bits per heavy atom. The van der Waals surface area contributed by atoms with E-state index >= 15 is 0 Å². The highest BCUT2D eigenvalue weighted by Gasteiger charge is 2.15. The number of likely N-dealkylation sites (tertiary alicyclic amines) is 1. The van der Waals surface area contributed by atoms with Crippen molar-refractivity contribution in [2.75, 3.05) is 26.2 Å². The summed E-state index contributed by atoms with van der Waals surface area (Å²) < 4.78 is 13.8. The normalized spacial score (nSPS) is 14.9. The topological polar surface area (TPSA) is 45.2 Å². The van der Waals surface area contributed by atoms with E-state index in [-0.39, 0.29) is 11.7 Å². The molecule has 1 aromatic heterocycles. The van der Waals surface area contributed by atoms with Gasteiger partial charge in [-0.2, -0.15) is 0 Å². The van der Waals surface area contributed by atoms with Crippen molar-refractivity contribution in [2.24, 2.45) is 0 Å². The summed E-state index contributed by atoms with van der Waals surface area (Å²) in [4.78, 5) is 19.9. The van der Waals surface area contributed by atoms with E-state index in [0.717, 1.165) is 25.2 Å². The third kappa shape index (κ3) is 4.20. The number of piperidine rings is 1. The Balaban J connectivity index is 1.60. The van der Waals surface area contributed by atoms with Gasteiger partial charge in [-0.25, -0.2) is 9.37 Å². The van der Waals surface area contributed by atoms with Gasteiger partial charge in [0.15, 0.2) is 0 Å². The van der Waals surface area contributed by atoms with E-state index in [4.69, 9.17) is 0 Å². The molecule has 1 aliphatic rings. The molecule has 0 radical (unpaired) electrons. The Morgan fingerprint density at radius 1 is 1.04 bits per heavy atom. The number of carbonyl (C=O) groups is 1. The molecule has 4 nitrogen and oxygen atoms in total. The lowest BCUT2D eigenvalue weighted by Crippen LogP contribution is -2.37. The highest BCUT2D eigenvalue weighted by Crippen LogP contribution is 2.25. The molecule has 0 unspecified atom stereocenters. The van der Waals surface area contributed by atoms with Gasteiger partial charge >= 0.3 is 0 Å². The summed E-state index contributed by atoms with van der Waals surface area (Å²) in [5.74, 6) is -0.559. The van der Waals surface area contributed by atoms with Crippen LogP contribution >= 0.6 is 0 Å². The predicted molar refractivity (Wildman–Crippen MR) is 110 cm³/mol. The number of halogens is 1. The van der Waals surface area contributed by atoms with Gasteiger partial charge in [0.05, 0.1) is 16.8 Å². The summed E-state index contributed by atoms with van der Waals surface area (Å²) in [7, 11) is 0. The molecule has 1 saturated heterocycles. The van der Waals surface area contributed by atoms with Crippen LogP contribution in [0.3, 0.4) is 0 Å². The lowest BCUT2D eigenvalue weighted by Gasteiger charge is -2.26. The molecule has 0 spiro atoms. The first-order chi connectivity index (χ1) is 13.7. The standard InChI is InChI=1S/C23H24FN3O/c24-18-9-10-21-19(15-18)20(16-22(26-21)17-7-3-1-4-8-17)23(28)25-11-14-27-12-5-2-6-13-27/h1,3-4,7-10,15-16H,2,5-6,11-14H2,(H,25,28). The minimum atomic E-state index is -0.371. The van der Waals surface area contributed by atoms with Gasteiger partial charge in [-0.1, -0.05) is 36.8 Å². The number of nitrogens with zero attached hydrogens (tertiary/aromatic N) is 2. The van der Waals surface area contributed by atoms with E-state index in [1.54, 1.807) is 12.1 Å². The Bertz CT molecular complexity index is 968. The van der Waals surface area contributed by atoms with Gasteiger partial charge in [-0.3, -0.25) is 4.79 Å². The molecular weight excluding hydrogens is 353 g/mol. The van der Waals surface area contributed by atoms with Crippen LogP contribution in [-0.2, 0) is 0 Å². The fourth-order valence-electron chi connectivity index (χ4n) is 3.75. The quantitative estimate of drug-likeness (QED) is 0.723. The molecule has 5 heteroatoms. The molecule has 1 N–H and O–H groups in total. The van der Waals surface area contributed by atoms with Crippen LogP contribution in [0, 0.1) is 5.82 Å².